The molecule has 7 nitrogen and oxygen atoms in total. The van der Waals surface area contributed by atoms with Crippen LogP contribution < -0.4 is 0 Å². The second kappa shape index (κ2) is 10.9. The molecule has 0 bridgehead atoms. The smallest absolute Gasteiger partial charge is 0.290 e. The van der Waals surface area contributed by atoms with Gasteiger partial charge in [0.15, 0.2) is 0 Å². The van der Waals surface area contributed by atoms with E-state index in [1.54, 1.807) is 0 Å². The number of fused-ring (bicyclic) bond motifs is 1. The standard InChI is InChI=1S/C22H32N2O3.CH2O2/c1-16(2)27-15-21(25)24-13-18-12-23(19-8-10-26-11-9-19)14-20(18)22(24)17-6-4-3-5-7-17;2-1-3/h3-7,16,18-20,22H,8-15H2,1-2H3;1H,(H,2,3)/t18-,20-,22+;/m0./s1. The van der Waals surface area contributed by atoms with Crippen molar-refractivity contribution < 1.29 is 24.2 Å². The molecule has 7 heteroatoms. The van der Waals surface area contributed by atoms with E-state index < -0.39 is 0 Å². The molecular weight excluding hydrogens is 384 g/mol. The van der Waals surface area contributed by atoms with E-state index in [0.29, 0.717) is 17.9 Å². The maximum atomic E-state index is 12.9. The minimum absolute atomic E-state index is 0.0789. The molecule has 1 N–H and O–H groups in total. The molecule has 0 unspecified atom stereocenters. The van der Waals surface area contributed by atoms with Crippen molar-refractivity contribution in [2.75, 3.05) is 39.5 Å². The molecule has 0 radical (unpaired) electrons. The number of hydrogen-bond donors (Lipinski definition) is 1. The van der Waals surface area contributed by atoms with Gasteiger partial charge in [-0.25, -0.2) is 0 Å². The largest absolute Gasteiger partial charge is 0.483 e. The van der Waals surface area contributed by atoms with Crippen molar-refractivity contribution in [3.63, 3.8) is 0 Å². The highest BCUT2D eigenvalue weighted by atomic mass is 16.5. The fraction of sp³-hybridized carbons (Fsp3) is 0.652. The van der Waals surface area contributed by atoms with Crippen molar-refractivity contribution in [2.24, 2.45) is 11.8 Å². The van der Waals surface area contributed by atoms with Gasteiger partial charge in [-0.1, -0.05) is 30.3 Å². The Bertz CT molecular complexity index is 677. The average molecular weight is 419 g/mol. The molecule has 3 saturated heterocycles. The van der Waals surface area contributed by atoms with Gasteiger partial charge in [-0.15, -0.1) is 0 Å². The van der Waals surface area contributed by atoms with Crippen molar-refractivity contribution in [1.82, 2.24) is 9.80 Å². The zero-order valence-electron chi connectivity index (χ0n) is 18.0. The quantitative estimate of drug-likeness (QED) is 0.740. The van der Waals surface area contributed by atoms with Crippen molar-refractivity contribution >= 4 is 12.4 Å². The Morgan fingerprint density at radius 2 is 1.87 bits per heavy atom. The molecular formula is C23H34N2O5. The Labute approximate surface area is 178 Å². The summed E-state index contributed by atoms with van der Waals surface area (Å²) in [5, 5.41) is 6.89. The molecule has 1 aromatic carbocycles. The fourth-order valence-corrected chi connectivity index (χ4v) is 5.08. The van der Waals surface area contributed by atoms with Crippen molar-refractivity contribution in [2.45, 2.75) is 44.9 Å². The molecule has 4 rings (SSSR count). The Hall–Kier alpha value is -1.96. The van der Waals surface area contributed by atoms with Crippen molar-refractivity contribution in [1.29, 1.82) is 0 Å². The van der Waals surface area contributed by atoms with Gasteiger partial charge in [-0.2, -0.15) is 0 Å². The first-order valence-electron chi connectivity index (χ1n) is 10.9. The molecule has 0 saturated carbocycles. The van der Waals surface area contributed by atoms with E-state index in [1.807, 2.05) is 19.9 Å². The fourth-order valence-electron chi connectivity index (χ4n) is 5.08. The van der Waals surface area contributed by atoms with Crippen LogP contribution in [0.25, 0.3) is 0 Å². The number of carbonyl (C=O) groups excluding carboxylic acids is 1. The molecule has 30 heavy (non-hydrogen) atoms. The van der Waals surface area contributed by atoms with E-state index in [1.165, 1.54) is 5.56 Å². The number of likely N-dealkylation sites (tertiary alicyclic amines) is 2. The molecule has 3 aliphatic rings. The van der Waals surface area contributed by atoms with Gasteiger partial charge in [0, 0.05) is 44.8 Å². The number of carboxylic acid groups (broad SMARTS) is 1. The molecule has 0 aliphatic carbocycles. The zero-order chi connectivity index (χ0) is 21.5. The Morgan fingerprint density at radius 1 is 1.20 bits per heavy atom. The third-order valence-corrected chi connectivity index (χ3v) is 6.40. The topological polar surface area (TPSA) is 79.3 Å². The Kier molecular flexibility index (Phi) is 8.24. The average Bonchev–Trinajstić information content (AvgIpc) is 3.32. The number of amides is 1. The second-order valence-electron chi connectivity index (χ2n) is 8.59. The van der Waals surface area contributed by atoms with Gasteiger partial charge in [0.25, 0.3) is 6.47 Å². The van der Waals surface area contributed by atoms with Gasteiger partial charge >= 0.3 is 0 Å². The third-order valence-electron chi connectivity index (χ3n) is 6.40. The summed E-state index contributed by atoms with van der Waals surface area (Å²) in [6.07, 6.45) is 2.36. The first kappa shape index (κ1) is 22.7. The summed E-state index contributed by atoms with van der Waals surface area (Å²) in [4.78, 5) is 26.0. The number of carbonyl (C=O) groups is 2. The highest BCUT2D eigenvalue weighted by molar-refractivity contribution is 5.78. The van der Waals surface area contributed by atoms with Crippen molar-refractivity contribution in [3.8, 4) is 0 Å². The van der Waals surface area contributed by atoms with E-state index in [2.05, 4.69) is 34.1 Å². The van der Waals surface area contributed by atoms with Gasteiger partial charge in [-0.05, 0) is 38.2 Å². The summed E-state index contributed by atoms with van der Waals surface area (Å²) >= 11 is 0. The van der Waals surface area contributed by atoms with Crippen LogP contribution in [0.2, 0.25) is 0 Å². The summed E-state index contributed by atoms with van der Waals surface area (Å²) < 4.78 is 11.2. The van der Waals surface area contributed by atoms with Crippen LogP contribution in [-0.4, -0.2) is 78.9 Å². The van der Waals surface area contributed by atoms with Crippen molar-refractivity contribution in [3.05, 3.63) is 35.9 Å². The Morgan fingerprint density at radius 3 is 2.50 bits per heavy atom. The summed E-state index contributed by atoms with van der Waals surface area (Å²) in [5.74, 6) is 1.20. The van der Waals surface area contributed by atoms with Crippen LogP contribution in [0, 0.1) is 11.8 Å². The maximum Gasteiger partial charge on any atom is 0.290 e. The normalized spacial score (nSPS) is 26.9. The van der Waals surface area contributed by atoms with E-state index in [4.69, 9.17) is 19.4 Å². The summed E-state index contributed by atoms with van der Waals surface area (Å²) in [6.45, 7) is 8.70. The minimum atomic E-state index is -0.250. The minimum Gasteiger partial charge on any atom is -0.483 e. The van der Waals surface area contributed by atoms with Crippen LogP contribution in [0.3, 0.4) is 0 Å². The van der Waals surface area contributed by atoms with Crippen LogP contribution in [0.5, 0.6) is 0 Å². The van der Waals surface area contributed by atoms with Crippen LogP contribution in [0.1, 0.15) is 38.3 Å². The van der Waals surface area contributed by atoms with E-state index in [-0.39, 0.29) is 31.1 Å². The molecule has 0 spiro atoms. The molecule has 166 valence electrons. The third kappa shape index (κ3) is 5.39. The van der Waals surface area contributed by atoms with E-state index in [9.17, 15) is 4.79 Å². The highest BCUT2D eigenvalue weighted by Crippen LogP contribution is 2.45. The van der Waals surface area contributed by atoms with Crippen LogP contribution >= 0.6 is 0 Å². The van der Waals surface area contributed by atoms with Gasteiger partial charge in [0.2, 0.25) is 5.91 Å². The second-order valence-corrected chi connectivity index (χ2v) is 8.59. The van der Waals surface area contributed by atoms with Gasteiger partial charge in [0.05, 0.1) is 12.1 Å². The molecule has 3 atom stereocenters. The summed E-state index contributed by atoms with van der Waals surface area (Å²) in [5.41, 5.74) is 1.26. The molecule has 0 aromatic heterocycles. The lowest BCUT2D eigenvalue weighted by Gasteiger charge is -2.34. The number of benzene rings is 1. The lowest BCUT2D eigenvalue weighted by molar-refractivity contribution is -0.139. The molecule has 3 fully saturated rings. The number of nitrogens with zero attached hydrogens (tertiary/aromatic N) is 2. The first-order chi connectivity index (χ1) is 14.5. The number of rotatable bonds is 5. The van der Waals surface area contributed by atoms with Gasteiger partial charge in [-0.3, -0.25) is 14.5 Å². The lowest BCUT2D eigenvalue weighted by atomic mass is 9.89. The summed E-state index contributed by atoms with van der Waals surface area (Å²) in [7, 11) is 0. The first-order valence-corrected chi connectivity index (χ1v) is 10.9. The lowest BCUT2D eigenvalue weighted by Crippen LogP contribution is -2.42. The molecule has 3 heterocycles. The highest BCUT2D eigenvalue weighted by Gasteiger charge is 2.50. The molecule has 3 aliphatic heterocycles. The maximum absolute atomic E-state index is 12.9. The predicted octanol–water partition coefficient (Wildman–Crippen LogP) is 2.42. The van der Waals surface area contributed by atoms with E-state index >= 15 is 0 Å². The number of hydrogen-bond acceptors (Lipinski definition) is 5. The summed E-state index contributed by atoms with van der Waals surface area (Å²) in [6, 6.07) is 11.4. The molecule has 1 amide bonds. The SMILES string of the molecule is CC(C)OCC(=O)N1C[C@@H]2CN(C3CCOCC3)C[C@@H]2[C@H]1c1ccccc1.O=CO. The Balaban J connectivity index is 0.000000806. The zero-order valence-corrected chi connectivity index (χ0v) is 18.0. The van der Waals surface area contributed by atoms with E-state index in [0.717, 1.165) is 45.7 Å². The monoisotopic (exact) mass is 418 g/mol. The molecule has 1 aromatic rings. The van der Waals surface area contributed by atoms with Crippen LogP contribution in [0.15, 0.2) is 30.3 Å². The van der Waals surface area contributed by atoms with Gasteiger partial charge in [0.1, 0.15) is 6.61 Å². The van der Waals surface area contributed by atoms with Gasteiger partial charge < -0.3 is 19.5 Å². The van der Waals surface area contributed by atoms with Crippen LogP contribution in [0.4, 0.5) is 0 Å². The van der Waals surface area contributed by atoms with Crippen LogP contribution in [-0.2, 0) is 19.1 Å². The number of ether oxygens (including phenoxy) is 2. The predicted molar refractivity (Wildman–Crippen MR) is 113 cm³/mol.